The molecular weight excluding hydrogens is 216 g/mol. The Labute approximate surface area is 100 Å². The standard InChI is InChI=1S/C12H16N4O/c1-12(2,3)11-15-10(17-16-11)8-4-5-14-9(6-8)7-13/h4-6H,7,13H2,1-3H3. The number of hydrogen-bond donors (Lipinski definition) is 1. The number of aromatic nitrogens is 3. The second kappa shape index (κ2) is 4.25. The van der Waals surface area contributed by atoms with Crippen LogP contribution in [0.3, 0.4) is 0 Å². The van der Waals surface area contributed by atoms with Crippen LogP contribution in [0.1, 0.15) is 32.3 Å². The zero-order chi connectivity index (χ0) is 12.5. The minimum absolute atomic E-state index is 0.120. The van der Waals surface area contributed by atoms with E-state index in [1.54, 1.807) is 6.20 Å². The molecule has 0 spiro atoms. The Kier molecular flexibility index (Phi) is 2.93. The van der Waals surface area contributed by atoms with E-state index >= 15 is 0 Å². The molecule has 0 unspecified atom stereocenters. The second-order valence-corrected chi connectivity index (χ2v) is 4.91. The Bertz CT molecular complexity index is 513. The van der Waals surface area contributed by atoms with Crippen LogP contribution in [-0.4, -0.2) is 15.1 Å². The zero-order valence-corrected chi connectivity index (χ0v) is 10.3. The van der Waals surface area contributed by atoms with Crippen molar-refractivity contribution < 1.29 is 4.52 Å². The van der Waals surface area contributed by atoms with Crippen molar-refractivity contribution in [2.75, 3.05) is 0 Å². The fourth-order valence-corrected chi connectivity index (χ4v) is 1.37. The van der Waals surface area contributed by atoms with E-state index in [1.807, 2.05) is 32.9 Å². The lowest BCUT2D eigenvalue weighted by Crippen LogP contribution is -2.13. The predicted octanol–water partition coefficient (Wildman–Crippen LogP) is 1.89. The molecule has 5 heteroatoms. The molecule has 0 aliphatic heterocycles. The van der Waals surface area contributed by atoms with Crippen LogP contribution in [0.15, 0.2) is 22.9 Å². The molecule has 2 aromatic rings. The SMILES string of the molecule is CC(C)(C)c1noc(-c2ccnc(CN)c2)n1. The van der Waals surface area contributed by atoms with Gasteiger partial charge in [0.25, 0.3) is 5.89 Å². The van der Waals surface area contributed by atoms with Crippen LogP contribution in [0, 0.1) is 0 Å². The summed E-state index contributed by atoms with van der Waals surface area (Å²) in [4.78, 5) is 8.50. The summed E-state index contributed by atoms with van der Waals surface area (Å²) >= 11 is 0. The van der Waals surface area contributed by atoms with Gasteiger partial charge in [-0.05, 0) is 12.1 Å². The minimum atomic E-state index is -0.120. The van der Waals surface area contributed by atoms with E-state index in [0.717, 1.165) is 11.3 Å². The van der Waals surface area contributed by atoms with E-state index in [2.05, 4.69) is 15.1 Å². The smallest absolute Gasteiger partial charge is 0.258 e. The van der Waals surface area contributed by atoms with Crippen LogP contribution < -0.4 is 5.73 Å². The average molecular weight is 232 g/mol. The van der Waals surface area contributed by atoms with E-state index in [1.165, 1.54) is 0 Å². The molecule has 0 radical (unpaired) electrons. The largest absolute Gasteiger partial charge is 0.334 e. The quantitative estimate of drug-likeness (QED) is 0.855. The molecule has 17 heavy (non-hydrogen) atoms. The summed E-state index contributed by atoms with van der Waals surface area (Å²) in [6, 6.07) is 3.69. The molecule has 2 heterocycles. The maximum Gasteiger partial charge on any atom is 0.258 e. The van der Waals surface area contributed by atoms with Gasteiger partial charge >= 0.3 is 0 Å². The van der Waals surface area contributed by atoms with Crippen molar-refractivity contribution in [3.8, 4) is 11.5 Å². The first-order chi connectivity index (χ1) is 8.00. The van der Waals surface area contributed by atoms with Gasteiger partial charge in [-0.3, -0.25) is 4.98 Å². The van der Waals surface area contributed by atoms with Crippen LogP contribution in [0.25, 0.3) is 11.5 Å². The molecule has 0 bridgehead atoms. The molecular formula is C12H16N4O. The highest BCUT2D eigenvalue weighted by Crippen LogP contribution is 2.23. The first-order valence-corrected chi connectivity index (χ1v) is 5.50. The molecule has 2 rings (SSSR count). The van der Waals surface area contributed by atoms with E-state index in [0.29, 0.717) is 18.3 Å². The molecule has 0 aromatic carbocycles. The maximum atomic E-state index is 5.54. The summed E-state index contributed by atoms with van der Waals surface area (Å²) in [5.41, 5.74) is 7.08. The van der Waals surface area contributed by atoms with E-state index < -0.39 is 0 Å². The van der Waals surface area contributed by atoms with Gasteiger partial charge in [-0.25, -0.2) is 0 Å². The van der Waals surface area contributed by atoms with Gasteiger partial charge in [0.1, 0.15) is 0 Å². The topological polar surface area (TPSA) is 77.8 Å². The Balaban J connectivity index is 2.37. The lowest BCUT2D eigenvalue weighted by Gasteiger charge is -2.10. The van der Waals surface area contributed by atoms with Crippen molar-refractivity contribution in [1.29, 1.82) is 0 Å². The van der Waals surface area contributed by atoms with Gasteiger partial charge in [0, 0.05) is 23.7 Å². The fourth-order valence-electron chi connectivity index (χ4n) is 1.37. The minimum Gasteiger partial charge on any atom is -0.334 e. The molecule has 0 aliphatic rings. The second-order valence-electron chi connectivity index (χ2n) is 4.91. The third-order valence-corrected chi connectivity index (χ3v) is 2.37. The summed E-state index contributed by atoms with van der Waals surface area (Å²) in [7, 11) is 0. The van der Waals surface area contributed by atoms with Gasteiger partial charge in [-0.15, -0.1) is 0 Å². The summed E-state index contributed by atoms with van der Waals surface area (Å²) < 4.78 is 5.25. The molecule has 0 aliphatic carbocycles. The Morgan fingerprint density at radius 2 is 2.12 bits per heavy atom. The number of rotatable bonds is 2. The van der Waals surface area contributed by atoms with Crippen LogP contribution in [-0.2, 0) is 12.0 Å². The lowest BCUT2D eigenvalue weighted by atomic mass is 9.96. The Hall–Kier alpha value is -1.75. The van der Waals surface area contributed by atoms with Crippen molar-refractivity contribution in [1.82, 2.24) is 15.1 Å². The highest BCUT2D eigenvalue weighted by Gasteiger charge is 2.21. The van der Waals surface area contributed by atoms with Crippen molar-refractivity contribution in [3.05, 3.63) is 29.8 Å². The van der Waals surface area contributed by atoms with E-state index in [-0.39, 0.29) is 5.41 Å². The zero-order valence-electron chi connectivity index (χ0n) is 10.3. The van der Waals surface area contributed by atoms with Gasteiger partial charge in [-0.2, -0.15) is 4.98 Å². The average Bonchev–Trinajstić information content (AvgIpc) is 2.78. The van der Waals surface area contributed by atoms with Crippen LogP contribution >= 0.6 is 0 Å². The molecule has 0 amide bonds. The van der Waals surface area contributed by atoms with Crippen LogP contribution in [0.5, 0.6) is 0 Å². The predicted molar refractivity (Wildman–Crippen MR) is 64.1 cm³/mol. The van der Waals surface area contributed by atoms with Crippen LogP contribution in [0.2, 0.25) is 0 Å². The molecule has 5 nitrogen and oxygen atoms in total. The first kappa shape index (κ1) is 11.7. The summed E-state index contributed by atoms with van der Waals surface area (Å²) in [6.45, 7) is 6.52. The molecule has 0 saturated carbocycles. The molecule has 0 atom stereocenters. The van der Waals surface area contributed by atoms with Gasteiger partial charge in [0.05, 0.1) is 5.69 Å². The summed E-state index contributed by atoms with van der Waals surface area (Å²) in [6.07, 6.45) is 1.69. The molecule has 0 fully saturated rings. The molecule has 2 aromatic heterocycles. The van der Waals surface area contributed by atoms with E-state index in [4.69, 9.17) is 10.3 Å². The summed E-state index contributed by atoms with van der Waals surface area (Å²) in [5, 5.41) is 3.98. The van der Waals surface area contributed by atoms with Gasteiger partial charge in [0.15, 0.2) is 5.82 Å². The normalized spacial score (nSPS) is 11.8. The van der Waals surface area contributed by atoms with Crippen molar-refractivity contribution >= 4 is 0 Å². The highest BCUT2D eigenvalue weighted by molar-refractivity contribution is 5.52. The Morgan fingerprint density at radius 3 is 2.71 bits per heavy atom. The van der Waals surface area contributed by atoms with Crippen molar-refractivity contribution in [3.63, 3.8) is 0 Å². The third-order valence-electron chi connectivity index (χ3n) is 2.37. The third kappa shape index (κ3) is 2.50. The molecule has 2 N–H and O–H groups in total. The van der Waals surface area contributed by atoms with Crippen molar-refractivity contribution in [2.24, 2.45) is 5.73 Å². The number of nitrogens with two attached hydrogens (primary N) is 1. The van der Waals surface area contributed by atoms with Crippen LogP contribution in [0.4, 0.5) is 0 Å². The Morgan fingerprint density at radius 1 is 1.35 bits per heavy atom. The van der Waals surface area contributed by atoms with Gasteiger partial charge in [-0.1, -0.05) is 25.9 Å². The highest BCUT2D eigenvalue weighted by atomic mass is 16.5. The fraction of sp³-hybridized carbons (Fsp3) is 0.417. The number of hydrogen-bond acceptors (Lipinski definition) is 5. The van der Waals surface area contributed by atoms with Gasteiger partial charge in [0.2, 0.25) is 0 Å². The van der Waals surface area contributed by atoms with Crippen molar-refractivity contribution in [2.45, 2.75) is 32.7 Å². The number of nitrogens with zero attached hydrogens (tertiary/aromatic N) is 3. The first-order valence-electron chi connectivity index (χ1n) is 5.50. The molecule has 0 saturated heterocycles. The molecule has 90 valence electrons. The lowest BCUT2D eigenvalue weighted by molar-refractivity contribution is 0.402. The number of pyridine rings is 1. The van der Waals surface area contributed by atoms with E-state index in [9.17, 15) is 0 Å². The summed E-state index contributed by atoms with van der Waals surface area (Å²) in [5.74, 6) is 1.20. The van der Waals surface area contributed by atoms with Gasteiger partial charge < -0.3 is 10.3 Å². The maximum absolute atomic E-state index is 5.54. The monoisotopic (exact) mass is 232 g/mol.